The Morgan fingerprint density at radius 3 is 2.48 bits per heavy atom. The molecule has 1 aliphatic rings. The molecule has 6 nitrogen and oxygen atoms in total. The summed E-state index contributed by atoms with van der Waals surface area (Å²) in [4.78, 5) is 37.7. The number of benzene rings is 2. The Bertz CT molecular complexity index is 849. The first-order valence-electron chi connectivity index (χ1n) is 9.94. The standard InChI is InChI=1S/C23H26N2O4/c1-17(9-10-18-6-3-2-4-7-18)24-21(26)16-29-23(28)19-11-13-20(14-12-19)25-15-5-8-22(25)27/h2-4,6-7,11-14,17H,5,8-10,15-16H2,1H3,(H,24,26). The van der Waals surface area contributed by atoms with Crippen LogP contribution in [0.25, 0.3) is 0 Å². The average molecular weight is 394 g/mol. The first-order chi connectivity index (χ1) is 14.0. The topological polar surface area (TPSA) is 75.7 Å². The van der Waals surface area contributed by atoms with Crippen LogP contribution in [0.4, 0.5) is 5.69 Å². The monoisotopic (exact) mass is 394 g/mol. The molecule has 0 aromatic heterocycles. The van der Waals surface area contributed by atoms with Gasteiger partial charge in [0.05, 0.1) is 5.56 Å². The highest BCUT2D eigenvalue weighted by Crippen LogP contribution is 2.21. The van der Waals surface area contributed by atoms with Gasteiger partial charge in [-0.1, -0.05) is 30.3 Å². The molecule has 0 radical (unpaired) electrons. The van der Waals surface area contributed by atoms with Crippen LogP contribution in [0.2, 0.25) is 0 Å². The van der Waals surface area contributed by atoms with E-state index in [1.165, 1.54) is 5.56 Å². The fraction of sp³-hybridized carbons (Fsp3) is 0.348. The average Bonchev–Trinajstić information content (AvgIpc) is 3.17. The third-order valence-electron chi connectivity index (χ3n) is 4.94. The van der Waals surface area contributed by atoms with Crippen LogP contribution in [0.15, 0.2) is 54.6 Å². The Kier molecular flexibility index (Phi) is 7.00. The quantitative estimate of drug-likeness (QED) is 0.698. The minimum absolute atomic E-state index is 0.0151. The van der Waals surface area contributed by atoms with Gasteiger partial charge in [-0.15, -0.1) is 0 Å². The summed E-state index contributed by atoms with van der Waals surface area (Å²) in [6.45, 7) is 2.31. The number of aryl methyl sites for hydroxylation is 1. The molecule has 152 valence electrons. The Morgan fingerprint density at radius 1 is 1.10 bits per heavy atom. The molecule has 1 aliphatic heterocycles. The van der Waals surface area contributed by atoms with Gasteiger partial charge in [0, 0.05) is 24.7 Å². The van der Waals surface area contributed by atoms with Gasteiger partial charge in [0.25, 0.3) is 5.91 Å². The summed E-state index contributed by atoms with van der Waals surface area (Å²) >= 11 is 0. The van der Waals surface area contributed by atoms with Gasteiger partial charge < -0.3 is 15.0 Å². The predicted octanol–water partition coefficient (Wildman–Crippen LogP) is 3.11. The summed E-state index contributed by atoms with van der Waals surface area (Å²) in [5.41, 5.74) is 2.35. The van der Waals surface area contributed by atoms with Crippen molar-refractivity contribution < 1.29 is 19.1 Å². The number of ether oxygens (including phenoxy) is 1. The SMILES string of the molecule is CC(CCc1ccccc1)NC(=O)COC(=O)c1ccc(N2CCCC2=O)cc1. The van der Waals surface area contributed by atoms with Crippen molar-refractivity contribution in [2.75, 3.05) is 18.1 Å². The summed E-state index contributed by atoms with van der Waals surface area (Å²) in [6.07, 6.45) is 3.08. The fourth-order valence-corrected chi connectivity index (χ4v) is 3.33. The van der Waals surface area contributed by atoms with Crippen molar-refractivity contribution in [1.82, 2.24) is 5.32 Å². The molecule has 2 aromatic rings. The number of hydrogen-bond donors (Lipinski definition) is 1. The second-order valence-electron chi connectivity index (χ2n) is 7.26. The van der Waals surface area contributed by atoms with Crippen LogP contribution in [-0.4, -0.2) is 37.0 Å². The second kappa shape index (κ2) is 9.87. The first-order valence-corrected chi connectivity index (χ1v) is 9.94. The van der Waals surface area contributed by atoms with Crippen molar-refractivity contribution in [2.45, 2.75) is 38.6 Å². The third-order valence-corrected chi connectivity index (χ3v) is 4.94. The number of amides is 2. The van der Waals surface area contributed by atoms with Crippen molar-refractivity contribution in [2.24, 2.45) is 0 Å². The minimum Gasteiger partial charge on any atom is -0.452 e. The molecule has 0 aliphatic carbocycles. The van der Waals surface area contributed by atoms with E-state index in [4.69, 9.17) is 4.74 Å². The molecule has 3 rings (SSSR count). The maximum atomic E-state index is 12.2. The Morgan fingerprint density at radius 2 is 1.83 bits per heavy atom. The molecule has 29 heavy (non-hydrogen) atoms. The van der Waals surface area contributed by atoms with Crippen LogP contribution in [0.5, 0.6) is 0 Å². The van der Waals surface area contributed by atoms with E-state index in [2.05, 4.69) is 17.4 Å². The van der Waals surface area contributed by atoms with Gasteiger partial charge in [-0.3, -0.25) is 9.59 Å². The van der Waals surface area contributed by atoms with E-state index in [-0.39, 0.29) is 24.5 Å². The summed E-state index contributed by atoms with van der Waals surface area (Å²) in [5.74, 6) is -0.784. The van der Waals surface area contributed by atoms with Gasteiger partial charge in [-0.25, -0.2) is 4.79 Å². The van der Waals surface area contributed by atoms with Gasteiger partial charge in [-0.2, -0.15) is 0 Å². The fourth-order valence-electron chi connectivity index (χ4n) is 3.33. The van der Waals surface area contributed by atoms with Crippen molar-refractivity contribution in [3.63, 3.8) is 0 Å². The van der Waals surface area contributed by atoms with Crippen molar-refractivity contribution in [3.05, 3.63) is 65.7 Å². The van der Waals surface area contributed by atoms with E-state index >= 15 is 0 Å². The van der Waals surface area contributed by atoms with E-state index in [0.29, 0.717) is 18.5 Å². The van der Waals surface area contributed by atoms with Crippen LogP contribution in [-0.2, 0) is 20.7 Å². The van der Waals surface area contributed by atoms with E-state index in [0.717, 1.165) is 24.9 Å². The lowest BCUT2D eigenvalue weighted by molar-refractivity contribution is -0.124. The molecule has 1 saturated heterocycles. The highest BCUT2D eigenvalue weighted by atomic mass is 16.5. The molecule has 1 atom stereocenters. The first kappa shape index (κ1) is 20.6. The van der Waals surface area contributed by atoms with Gasteiger partial charge >= 0.3 is 5.97 Å². The highest BCUT2D eigenvalue weighted by molar-refractivity contribution is 5.96. The number of carbonyl (C=O) groups excluding carboxylic acids is 3. The number of hydrogen-bond acceptors (Lipinski definition) is 4. The molecule has 0 bridgehead atoms. The molecule has 2 amide bonds. The molecule has 1 fully saturated rings. The zero-order valence-corrected chi connectivity index (χ0v) is 16.6. The van der Waals surface area contributed by atoms with Crippen LogP contribution in [0.3, 0.4) is 0 Å². The van der Waals surface area contributed by atoms with Gasteiger partial charge in [0.15, 0.2) is 6.61 Å². The van der Waals surface area contributed by atoms with Gasteiger partial charge in [-0.05, 0) is 56.0 Å². The molecule has 1 unspecified atom stereocenters. The number of esters is 1. The smallest absolute Gasteiger partial charge is 0.338 e. The summed E-state index contributed by atoms with van der Waals surface area (Å²) in [7, 11) is 0. The lowest BCUT2D eigenvalue weighted by atomic mass is 10.1. The van der Waals surface area contributed by atoms with E-state index in [1.54, 1.807) is 29.2 Å². The van der Waals surface area contributed by atoms with Gasteiger partial charge in [0.1, 0.15) is 0 Å². The van der Waals surface area contributed by atoms with E-state index in [1.807, 2.05) is 25.1 Å². The largest absolute Gasteiger partial charge is 0.452 e. The Labute approximate surface area is 170 Å². The zero-order valence-electron chi connectivity index (χ0n) is 16.6. The molecule has 0 spiro atoms. The predicted molar refractivity (Wildman–Crippen MR) is 111 cm³/mol. The molecule has 6 heteroatoms. The summed E-state index contributed by atoms with van der Waals surface area (Å²) in [5, 5.41) is 2.85. The number of nitrogens with one attached hydrogen (secondary N) is 1. The number of anilines is 1. The van der Waals surface area contributed by atoms with Crippen LogP contribution in [0, 0.1) is 0 Å². The zero-order chi connectivity index (χ0) is 20.6. The third kappa shape index (κ3) is 5.91. The Balaban J connectivity index is 1.41. The number of carbonyl (C=O) groups is 3. The lowest BCUT2D eigenvalue weighted by Crippen LogP contribution is -2.36. The molecular formula is C23H26N2O4. The van der Waals surface area contributed by atoms with Crippen LogP contribution < -0.4 is 10.2 Å². The lowest BCUT2D eigenvalue weighted by Gasteiger charge is -2.16. The maximum absolute atomic E-state index is 12.2. The van der Waals surface area contributed by atoms with Crippen LogP contribution >= 0.6 is 0 Å². The highest BCUT2D eigenvalue weighted by Gasteiger charge is 2.22. The second-order valence-corrected chi connectivity index (χ2v) is 7.26. The van der Waals surface area contributed by atoms with Crippen molar-refractivity contribution >= 4 is 23.5 Å². The maximum Gasteiger partial charge on any atom is 0.338 e. The van der Waals surface area contributed by atoms with Crippen molar-refractivity contribution in [3.8, 4) is 0 Å². The number of rotatable bonds is 8. The normalized spacial score (nSPS) is 14.5. The van der Waals surface area contributed by atoms with Gasteiger partial charge in [0.2, 0.25) is 5.91 Å². The molecule has 1 N–H and O–H groups in total. The summed E-state index contributed by atoms with van der Waals surface area (Å²) < 4.78 is 5.11. The molecule has 2 aromatic carbocycles. The molecule has 0 saturated carbocycles. The molecule has 1 heterocycles. The molecular weight excluding hydrogens is 368 g/mol. The number of nitrogens with zero attached hydrogens (tertiary/aromatic N) is 1. The Hall–Kier alpha value is -3.15. The van der Waals surface area contributed by atoms with E-state index in [9.17, 15) is 14.4 Å². The summed E-state index contributed by atoms with van der Waals surface area (Å²) in [6, 6.07) is 16.7. The minimum atomic E-state index is -0.559. The van der Waals surface area contributed by atoms with E-state index < -0.39 is 5.97 Å². The van der Waals surface area contributed by atoms with Crippen molar-refractivity contribution in [1.29, 1.82) is 0 Å². The van der Waals surface area contributed by atoms with Crippen LogP contribution in [0.1, 0.15) is 42.1 Å².